The van der Waals surface area contributed by atoms with Gasteiger partial charge in [0.05, 0.1) is 5.41 Å². The van der Waals surface area contributed by atoms with Crippen LogP contribution in [-0.2, 0) is 4.79 Å². The number of nitrogens with zero attached hydrogens (tertiary/aromatic N) is 1. The maximum absolute atomic E-state index is 12.5. The Bertz CT molecular complexity index is 614. The number of carbonyl (C=O) groups is 2. The predicted octanol–water partition coefficient (Wildman–Crippen LogP) is 1.64. The number of primary amides is 1. The lowest BCUT2D eigenvalue weighted by Crippen LogP contribution is -2.65. The average Bonchev–Trinajstić information content (AvgIpc) is 2.46. The second-order valence-electron chi connectivity index (χ2n) is 7.58. The van der Waals surface area contributed by atoms with Crippen molar-refractivity contribution >= 4 is 11.8 Å². The van der Waals surface area contributed by atoms with Gasteiger partial charge in [0.25, 0.3) is 5.91 Å². The minimum Gasteiger partial charge on any atom is -0.369 e. The van der Waals surface area contributed by atoms with E-state index in [2.05, 4.69) is 10.3 Å². The molecule has 2 amide bonds. The van der Waals surface area contributed by atoms with Crippen molar-refractivity contribution in [1.29, 1.82) is 0 Å². The standard InChI is InChI=1S/C17H21N3O2/c18-15(22)16-6-11-5-12(7-16)9-17(8-11,10-16)20-14(21)13-1-3-19-4-2-13/h1-4,11-12H,5-10H2,(H2,18,22)(H,20,21). The molecule has 0 radical (unpaired) electrons. The van der Waals surface area contributed by atoms with Crippen molar-refractivity contribution in [3.63, 3.8) is 0 Å². The highest BCUT2D eigenvalue weighted by Crippen LogP contribution is 2.61. The van der Waals surface area contributed by atoms with E-state index in [1.165, 1.54) is 6.42 Å². The van der Waals surface area contributed by atoms with Crippen LogP contribution < -0.4 is 11.1 Å². The quantitative estimate of drug-likeness (QED) is 0.889. The van der Waals surface area contributed by atoms with E-state index in [1.54, 1.807) is 24.5 Å². The second kappa shape index (κ2) is 4.54. The van der Waals surface area contributed by atoms with Crippen LogP contribution in [0.1, 0.15) is 48.9 Å². The topological polar surface area (TPSA) is 85.1 Å². The summed E-state index contributed by atoms with van der Waals surface area (Å²) in [4.78, 5) is 28.5. The highest BCUT2D eigenvalue weighted by Gasteiger charge is 2.60. The zero-order chi connectivity index (χ0) is 15.4. The molecule has 5 nitrogen and oxygen atoms in total. The van der Waals surface area contributed by atoms with Crippen LogP contribution in [0.25, 0.3) is 0 Å². The monoisotopic (exact) mass is 299 g/mol. The number of rotatable bonds is 3. The molecule has 116 valence electrons. The Kier molecular flexibility index (Phi) is 2.83. The molecule has 1 aromatic heterocycles. The molecule has 4 saturated carbocycles. The van der Waals surface area contributed by atoms with E-state index in [9.17, 15) is 9.59 Å². The minimum atomic E-state index is -0.393. The van der Waals surface area contributed by atoms with Gasteiger partial charge in [-0.05, 0) is 62.5 Å². The van der Waals surface area contributed by atoms with Gasteiger partial charge in [0, 0.05) is 23.5 Å². The molecule has 4 aliphatic carbocycles. The fourth-order valence-corrected chi connectivity index (χ4v) is 5.51. The van der Waals surface area contributed by atoms with Gasteiger partial charge in [-0.2, -0.15) is 0 Å². The lowest BCUT2D eigenvalue weighted by molar-refractivity contribution is -0.146. The Morgan fingerprint density at radius 1 is 1.14 bits per heavy atom. The lowest BCUT2D eigenvalue weighted by atomic mass is 9.46. The Labute approximate surface area is 129 Å². The number of hydrogen-bond acceptors (Lipinski definition) is 3. The summed E-state index contributed by atoms with van der Waals surface area (Å²) in [6.45, 7) is 0. The second-order valence-corrected chi connectivity index (χ2v) is 7.58. The molecule has 1 aromatic rings. The van der Waals surface area contributed by atoms with E-state index in [4.69, 9.17) is 5.73 Å². The Morgan fingerprint density at radius 3 is 2.36 bits per heavy atom. The van der Waals surface area contributed by atoms with Crippen molar-refractivity contribution in [3.8, 4) is 0 Å². The number of pyridine rings is 1. The molecule has 0 saturated heterocycles. The summed E-state index contributed by atoms with van der Waals surface area (Å²) in [5, 5.41) is 3.25. The van der Waals surface area contributed by atoms with E-state index >= 15 is 0 Å². The van der Waals surface area contributed by atoms with Gasteiger partial charge in [-0.15, -0.1) is 0 Å². The number of nitrogens with two attached hydrogens (primary N) is 1. The fraction of sp³-hybridized carbons (Fsp3) is 0.588. The normalized spacial score (nSPS) is 38.7. The van der Waals surface area contributed by atoms with Gasteiger partial charge in [0.2, 0.25) is 5.91 Å². The van der Waals surface area contributed by atoms with Crippen LogP contribution in [0.2, 0.25) is 0 Å². The van der Waals surface area contributed by atoms with Crippen molar-refractivity contribution < 1.29 is 9.59 Å². The van der Waals surface area contributed by atoms with Crippen molar-refractivity contribution in [2.45, 2.75) is 44.1 Å². The van der Waals surface area contributed by atoms with E-state index in [0.29, 0.717) is 23.8 Å². The summed E-state index contributed by atoms with van der Waals surface area (Å²) >= 11 is 0. The molecule has 1 heterocycles. The third kappa shape index (κ3) is 2.02. The van der Waals surface area contributed by atoms with Crippen LogP contribution in [0.15, 0.2) is 24.5 Å². The van der Waals surface area contributed by atoms with Gasteiger partial charge in [0.15, 0.2) is 0 Å². The number of carbonyl (C=O) groups excluding carboxylic acids is 2. The minimum absolute atomic E-state index is 0.0658. The zero-order valence-electron chi connectivity index (χ0n) is 12.5. The van der Waals surface area contributed by atoms with Gasteiger partial charge in [0.1, 0.15) is 0 Å². The van der Waals surface area contributed by atoms with Crippen molar-refractivity contribution in [1.82, 2.24) is 10.3 Å². The summed E-state index contributed by atoms with van der Waals surface area (Å²) in [6.07, 6.45) is 8.92. The molecule has 0 spiro atoms. The molecule has 0 aromatic carbocycles. The van der Waals surface area contributed by atoms with Gasteiger partial charge >= 0.3 is 0 Å². The van der Waals surface area contributed by atoms with Gasteiger partial charge in [-0.1, -0.05) is 0 Å². The first-order valence-electron chi connectivity index (χ1n) is 8.03. The van der Waals surface area contributed by atoms with Crippen LogP contribution >= 0.6 is 0 Å². The van der Waals surface area contributed by atoms with Crippen LogP contribution in [-0.4, -0.2) is 22.3 Å². The third-order valence-corrected chi connectivity index (χ3v) is 5.90. The molecule has 2 unspecified atom stereocenters. The highest BCUT2D eigenvalue weighted by atomic mass is 16.2. The SMILES string of the molecule is NC(=O)C12CC3CC(CC(NC(=O)c4ccncc4)(C3)C1)C2. The molecule has 5 heteroatoms. The fourth-order valence-electron chi connectivity index (χ4n) is 5.51. The van der Waals surface area contributed by atoms with E-state index in [1.807, 2.05) is 0 Å². The van der Waals surface area contributed by atoms with Crippen LogP contribution in [0.3, 0.4) is 0 Å². The maximum Gasteiger partial charge on any atom is 0.251 e. The lowest BCUT2D eigenvalue weighted by Gasteiger charge is -2.61. The zero-order valence-corrected chi connectivity index (χ0v) is 12.5. The first-order valence-corrected chi connectivity index (χ1v) is 8.03. The number of hydrogen-bond donors (Lipinski definition) is 2. The molecule has 2 atom stereocenters. The van der Waals surface area contributed by atoms with Gasteiger partial charge < -0.3 is 11.1 Å². The molecular weight excluding hydrogens is 278 g/mol. The summed E-state index contributed by atoms with van der Waals surface area (Å²) in [5.41, 5.74) is 5.71. The average molecular weight is 299 g/mol. The first-order chi connectivity index (χ1) is 10.5. The Hall–Kier alpha value is -1.91. The predicted molar refractivity (Wildman–Crippen MR) is 80.7 cm³/mol. The van der Waals surface area contributed by atoms with Crippen LogP contribution in [0.4, 0.5) is 0 Å². The Morgan fingerprint density at radius 2 is 1.77 bits per heavy atom. The molecular formula is C17H21N3O2. The summed E-state index contributed by atoms with van der Waals surface area (Å²) in [6, 6.07) is 3.44. The van der Waals surface area contributed by atoms with Gasteiger partial charge in [-0.3, -0.25) is 14.6 Å². The van der Waals surface area contributed by atoms with Gasteiger partial charge in [-0.25, -0.2) is 0 Å². The highest BCUT2D eigenvalue weighted by molar-refractivity contribution is 5.94. The van der Waals surface area contributed by atoms with Crippen LogP contribution in [0.5, 0.6) is 0 Å². The maximum atomic E-state index is 12.5. The molecule has 4 bridgehead atoms. The largest absolute Gasteiger partial charge is 0.369 e. The Balaban J connectivity index is 1.61. The van der Waals surface area contributed by atoms with E-state index in [0.717, 1.165) is 25.7 Å². The number of aromatic nitrogens is 1. The van der Waals surface area contributed by atoms with Crippen molar-refractivity contribution in [2.75, 3.05) is 0 Å². The molecule has 4 fully saturated rings. The van der Waals surface area contributed by atoms with E-state index in [-0.39, 0.29) is 17.4 Å². The molecule has 4 aliphatic rings. The smallest absolute Gasteiger partial charge is 0.251 e. The third-order valence-electron chi connectivity index (χ3n) is 5.90. The van der Waals surface area contributed by atoms with Crippen LogP contribution in [0, 0.1) is 17.3 Å². The number of amides is 2. The molecule has 3 N–H and O–H groups in total. The molecule has 0 aliphatic heterocycles. The van der Waals surface area contributed by atoms with Crippen molar-refractivity contribution in [2.24, 2.45) is 23.0 Å². The number of nitrogens with one attached hydrogen (secondary N) is 1. The summed E-state index contributed by atoms with van der Waals surface area (Å²) < 4.78 is 0. The van der Waals surface area contributed by atoms with E-state index < -0.39 is 5.41 Å². The molecule has 22 heavy (non-hydrogen) atoms. The van der Waals surface area contributed by atoms with Crippen molar-refractivity contribution in [3.05, 3.63) is 30.1 Å². The first kappa shape index (κ1) is 13.7. The summed E-state index contributed by atoms with van der Waals surface area (Å²) in [7, 11) is 0. The summed E-state index contributed by atoms with van der Waals surface area (Å²) in [5.74, 6) is 0.797. The molecule has 5 rings (SSSR count).